The van der Waals surface area contributed by atoms with Crippen LogP contribution in [0.1, 0.15) is 28.1 Å². The van der Waals surface area contributed by atoms with E-state index < -0.39 is 5.25 Å². The monoisotopic (exact) mass is 352 g/mol. The topological polar surface area (TPSA) is 87.7 Å². The summed E-state index contributed by atoms with van der Waals surface area (Å²) in [5, 5.41) is 9.50. The number of thioether (sulfide) groups is 1. The summed E-state index contributed by atoms with van der Waals surface area (Å²) in [5.74, 6) is -0.250. The molecule has 25 heavy (non-hydrogen) atoms. The number of nitrogens with one attached hydrogen (secondary N) is 2. The van der Waals surface area contributed by atoms with E-state index >= 15 is 0 Å². The molecule has 1 atom stereocenters. The maximum absolute atomic E-state index is 12.8. The van der Waals surface area contributed by atoms with Crippen LogP contribution in [0.15, 0.2) is 66.1 Å². The number of ketones is 1. The van der Waals surface area contributed by atoms with Crippen LogP contribution in [0.3, 0.4) is 0 Å². The number of H-pyrrole nitrogens is 1. The summed E-state index contributed by atoms with van der Waals surface area (Å²) in [5.41, 5.74) is 1.98. The predicted molar refractivity (Wildman–Crippen MR) is 96.5 cm³/mol. The van der Waals surface area contributed by atoms with Gasteiger partial charge in [-0.3, -0.25) is 14.7 Å². The lowest BCUT2D eigenvalue weighted by Gasteiger charge is -2.16. The first-order valence-corrected chi connectivity index (χ1v) is 8.50. The lowest BCUT2D eigenvalue weighted by atomic mass is 10.1. The molecule has 0 saturated carbocycles. The molecule has 1 heterocycles. The van der Waals surface area contributed by atoms with Crippen LogP contribution >= 0.6 is 11.8 Å². The Morgan fingerprint density at radius 3 is 2.60 bits per heavy atom. The van der Waals surface area contributed by atoms with Crippen LogP contribution in [0, 0.1) is 0 Å². The molecule has 2 aromatic carbocycles. The van der Waals surface area contributed by atoms with Crippen LogP contribution in [0.4, 0.5) is 5.69 Å². The first kappa shape index (κ1) is 16.9. The normalized spacial score (nSPS) is 11.7. The van der Waals surface area contributed by atoms with Crippen LogP contribution in [-0.2, 0) is 4.79 Å². The molecule has 1 aromatic heterocycles. The van der Waals surface area contributed by atoms with Gasteiger partial charge in [0.2, 0.25) is 5.91 Å². The molecule has 0 aliphatic heterocycles. The standard InChI is InChI=1S/C18H16N4O2S/c1-12(23)14-8-5-9-15(10-14)21-17(24)16(13-6-3-2-4-7-13)25-18-19-11-20-22-18/h2-11,16H,1H3,(H,21,24)(H,19,20,22). The highest BCUT2D eigenvalue weighted by atomic mass is 32.2. The number of rotatable bonds is 6. The van der Waals surface area contributed by atoms with Crippen LogP contribution < -0.4 is 5.32 Å². The van der Waals surface area contributed by atoms with Crippen LogP contribution in [0.2, 0.25) is 0 Å². The molecule has 0 aliphatic rings. The molecule has 1 amide bonds. The summed E-state index contributed by atoms with van der Waals surface area (Å²) in [6.45, 7) is 1.49. The Bertz CT molecular complexity index is 866. The Labute approximate surface area is 149 Å². The molecule has 3 rings (SSSR count). The number of Topliss-reactive ketones (excluding diaryl/α,β-unsaturated/α-hetero) is 1. The zero-order chi connectivity index (χ0) is 17.6. The van der Waals surface area contributed by atoms with Crippen molar-refractivity contribution >= 4 is 29.1 Å². The van der Waals surface area contributed by atoms with Gasteiger partial charge in [-0.25, -0.2) is 4.98 Å². The number of nitrogens with zero attached hydrogens (tertiary/aromatic N) is 2. The van der Waals surface area contributed by atoms with E-state index in [1.807, 2.05) is 30.3 Å². The molecule has 0 radical (unpaired) electrons. The molecule has 6 nitrogen and oxygen atoms in total. The molecule has 0 aliphatic carbocycles. The van der Waals surface area contributed by atoms with Crippen molar-refractivity contribution in [1.82, 2.24) is 15.2 Å². The third kappa shape index (κ3) is 4.33. The van der Waals surface area contributed by atoms with Gasteiger partial charge in [0, 0.05) is 11.3 Å². The zero-order valence-corrected chi connectivity index (χ0v) is 14.3. The quantitative estimate of drug-likeness (QED) is 0.524. The van der Waals surface area contributed by atoms with Crippen molar-refractivity contribution in [3.8, 4) is 0 Å². The summed E-state index contributed by atoms with van der Waals surface area (Å²) in [7, 11) is 0. The molecule has 2 N–H and O–H groups in total. The van der Waals surface area contributed by atoms with E-state index in [9.17, 15) is 9.59 Å². The first-order chi connectivity index (χ1) is 12.1. The van der Waals surface area contributed by atoms with E-state index in [-0.39, 0.29) is 11.7 Å². The van der Waals surface area contributed by atoms with E-state index in [4.69, 9.17) is 0 Å². The average molecular weight is 352 g/mol. The number of carbonyl (C=O) groups is 2. The molecule has 0 spiro atoms. The fraction of sp³-hybridized carbons (Fsp3) is 0.111. The smallest absolute Gasteiger partial charge is 0.242 e. The minimum absolute atomic E-state index is 0.0493. The summed E-state index contributed by atoms with van der Waals surface area (Å²) in [6, 6.07) is 16.3. The van der Waals surface area contributed by atoms with Gasteiger partial charge < -0.3 is 5.32 Å². The first-order valence-electron chi connectivity index (χ1n) is 7.62. The number of amides is 1. The Hall–Kier alpha value is -2.93. The minimum atomic E-state index is -0.505. The van der Waals surface area contributed by atoms with Gasteiger partial charge in [-0.2, -0.15) is 5.10 Å². The number of aromatic amines is 1. The van der Waals surface area contributed by atoms with Gasteiger partial charge in [-0.1, -0.05) is 54.2 Å². The average Bonchev–Trinajstić information content (AvgIpc) is 3.14. The zero-order valence-electron chi connectivity index (χ0n) is 13.5. The second kappa shape index (κ2) is 7.76. The van der Waals surface area contributed by atoms with Crippen LogP contribution in [0.5, 0.6) is 0 Å². The van der Waals surface area contributed by atoms with Crippen molar-refractivity contribution in [2.75, 3.05) is 5.32 Å². The fourth-order valence-corrected chi connectivity index (χ4v) is 3.18. The van der Waals surface area contributed by atoms with Crippen LogP contribution in [0.25, 0.3) is 0 Å². The molecule has 0 saturated heterocycles. The molecule has 7 heteroatoms. The lowest BCUT2D eigenvalue weighted by Crippen LogP contribution is -2.19. The van der Waals surface area contributed by atoms with Crippen molar-refractivity contribution in [2.45, 2.75) is 17.3 Å². The summed E-state index contributed by atoms with van der Waals surface area (Å²) in [4.78, 5) is 28.4. The Kier molecular flexibility index (Phi) is 5.25. The SMILES string of the molecule is CC(=O)c1cccc(NC(=O)C(Sc2ncn[nH]2)c2ccccc2)c1. The molecule has 3 aromatic rings. The summed E-state index contributed by atoms with van der Waals surface area (Å²) < 4.78 is 0. The maximum atomic E-state index is 12.8. The maximum Gasteiger partial charge on any atom is 0.242 e. The van der Waals surface area contributed by atoms with E-state index in [0.717, 1.165) is 5.56 Å². The van der Waals surface area contributed by atoms with Crippen molar-refractivity contribution < 1.29 is 9.59 Å². The molecular weight excluding hydrogens is 336 g/mol. The number of anilines is 1. The number of benzene rings is 2. The van der Waals surface area contributed by atoms with Gasteiger partial charge in [0.1, 0.15) is 11.6 Å². The van der Waals surface area contributed by atoms with Crippen molar-refractivity contribution in [3.05, 3.63) is 72.1 Å². The predicted octanol–water partition coefficient (Wildman–Crippen LogP) is 3.48. The highest BCUT2D eigenvalue weighted by Crippen LogP contribution is 2.34. The van der Waals surface area contributed by atoms with E-state index in [1.165, 1.54) is 25.0 Å². The molecule has 0 bridgehead atoms. The number of hydrogen-bond acceptors (Lipinski definition) is 5. The third-order valence-corrected chi connectivity index (χ3v) is 4.64. The highest BCUT2D eigenvalue weighted by Gasteiger charge is 2.23. The second-order valence-corrected chi connectivity index (χ2v) is 6.42. The Balaban J connectivity index is 1.84. The van der Waals surface area contributed by atoms with Gasteiger partial charge >= 0.3 is 0 Å². The van der Waals surface area contributed by atoms with E-state index in [0.29, 0.717) is 16.4 Å². The minimum Gasteiger partial charge on any atom is -0.325 e. The fourth-order valence-electron chi connectivity index (χ4n) is 2.29. The van der Waals surface area contributed by atoms with E-state index in [1.54, 1.807) is 24.3 Å². The number of aromatic nitrogens is 3. The lowest BCUT2D eigenvalue weighted by molar-refractivity contribution is -0.115. The number of carbonyl (C=O) groups excluding carboxylic acids is 2. The van der Waals surface area contributed by atoms with Crippen molar-refractivity contribution in [2.24, 2.45) is 0 Å². The molecular formula is C18H16N4O2S. The Morgan fingerprint density at radius 2 is 1.92 bits per heavy atom. The van der Waals surface area contributed by atoms with Gasteiger partial charge in [-0.05, 0) is 24.6 Å². The van der Waals surface area contributed by atoms with Crippen LogP contribution in [-0.4, -0.2) is 26.9 Å². The molecule has 126 valence electrons. The summed E-state index contributed by atoms with van der Waals surface area (Å²) in [6.07, 6.45) is 1.40. The summed E-state index contributed by atoms with van der Waals surface area (Å²) >= 11 is 1.28. The second-order valence-electron chi connectivity index (χ2n) is 5.33. The van der Waals surface area contributed by atoms with Gasteiger partial charge in [0.05, 0.1) is 0 Å². The molecule has 0 fully saturated rings. The third-order valence-electron chi connectivity index (χ3n) is 3.50. The van der Waals surface area contributed by atoms with Crippen molar-refractivity contribution in [1.29, 1.82) is 0 Å². The van der Waals surface area contributed by atoms with Crippen molar-refractivity contribution in [3.63, 3.8) is 0 Å². The Morgan fingerprint density at radius 1 is 1.12 bits per heavy atom. The van der Waals surface area contributed by atoms with Gasteiger partial charge in [-0.15, -0.1) is 0 Å². The van der Waals surface area contributed by atoms with Gasteiger partial charge in [0.25, 0.3) is 0 Å². The van der Waals surface area contributed by atoms with Gasteiger partial charge in [0.15, 0.2) is 10.9 Å². The highest BCUT2D eigenvalue weighted by molar-refractivity contribution is 8.00. The largest absolute Gasteiger partial charge is 0.325 e. The molecule has 1 unspecified atom stereocenters. The van der Waals surface area contributed by atoms with E-state index in [2.05, 4.69) is 20.5 Å². The number of hydrogen-bond donors (Lipinski definition) is 2.